The molecule has 0 aliphatic heterocycles. The summed E-state index contributed by atoms with van der Waals surface area (Å²) in [6.45, 7) is 4.43. The van der Waals surface area contributed by atoms with Gasteiger partial charge in [-0.25, -0.2) is 5.01 Å². The van der Waals surface area contributed by atoms with Crippen LogP contribution in [0.4, 0.5) is 5.69 Å². The van der Waals surface area contributed by atoms with Crippen molar-refractivity contribution in [2.75, 3.05) is 26.0 Å². The summed E-state index contributed by atoms with van der Waals surface area (Å²) in [6.07, 6.45) is 5.65. The van der Waals surface area contributed by atoms with Crippen molar-refractivity contribution in [1.82, 2.24) is 10.0 Å². The molecule has 0 saturated carbocycles. The largest absolute Gasteiger partial charge is 0.466 e. The maximum absolute atomic E-state index is 11.4. The van der Waals surface area contributed by atoms with E-state index in [2.05, 4.69) is 17.2 Å². The predicted molar refractivity (Wildman–Crippen MR) is 112 cm³/mol. The number of nitrogens with one attached hydrogen (secondary N) is 1. The van der Waals surface area contributed by atoms with Crippen molar-refractivity contribution in [2.45, 2.75) is 58.4 Å². The Balaban J connectivity index is 2.79. The minimum absolute atomic E-state index is 0.154. The first-order valence-corrected chi connectivity index (χ1v) is 9.88. The van der Waals surface area contributed by atoms with E-state index in [0.29, 0.717) is 18.1 Å². The fourth-order valence-electron chi connectivity index (χ4n) is 2.81. The minimum Gasteiger partial charge on any atom is -0.466 e. The molecule has 1 atom stereocenters. The maximum atomic E-state index is 11.4. The molecule has 6 heteroatoms. The van der Waals surface area contributed by atoms with E-state index in [1.54, 1.807) is 0 Å². The number of carbonyl (C=O) groups excluding carboxylic acids is 1. The zero-order valence-corrected chi connectivity index (χ0v) is 17.3. The summed E-state index contributed by atoms with van der Waals surface area (Å²) in [4.78, 5) is 11.4. The molecule has 1 rings (SSSR count). The van der Waals surface area contributed by atoms with Crippen LogP contribution >= 0.6 is 12.2 Å². The highest BCUT2D eigenvalue weighted by Gasteiger charge is 2.23. The van der Waals surface area contributed by atoms with Gasteiger partial charge >= 0.3 is 5.97 Å². The summed E-state index contributed by atoms with van der Waals surface area (Å²) >= 11 is 5.68. The number of unbranched alkanes of at least 4 members (excludes halogenated alkanes) is 2. The molecule has 0 spiro atoms. The van der Waals surface area contributed by atoms with Crippen LogP contribution in [0, 0.1) is 0 Å². The first-order chi connectivity index (χ1) is 12.5. The lowest BCUT2D eigenvalue weighted by Gasteiger charge is -2.38. The third kappa shape index (κ3) is 8.15. The van der Waals surface area contributed by atoms with E-state index in [1.165, 1.54) is 12.8 Å². The van der Waals surface area contributed by atoms with Gasteiger partial charge in [-0.1, -0.05) is 51.3 Å². The lowest BCUT2D eigenvalue weighted by molar-refractivity contribution is -0.143. The van der Waals surface area contributed by atoms with Crippen molar-refractivity contribution in [2.24, 2.45) is 0 Å². The smallest absolute Gasteiger partial charge is 0.305 e. The van der Waals surface area contributed by atoms with Crippen LogP contribution in [0.5, 0.6) is 0 Å². The van der Waals surface area contributed by atoms with Crippen LogP contribution < -0.4 is 5.32 Å². The van der Waals surface area contributed by atoms with Crippen molar-refractivity contribution in [3.05, 3.63) is 30.3 Å². The molecular formula is C20H33N3O2S. The fraction of sp³-hybridized carbons (Fsp3) is 0.600. The number of anilines is 1. The highest BCUT2D eigenvalue weighted by molar-refractivity contribution is 7.80. The van der Waals surface area contributed by atoms with Gasteiger partial charge in [-0.05, 0) is 30.8 Å². The lowest BCUT2D eigenvalue weighted by atomic mass is 10.1. The average Bonchev–Trinajstić information content (AvgIpc) is 2.62. The Hall–Kier alpha value is -1.66. The van der Waals surface area contributed by atoms with Gasteiger partial charge in [0.05, 0.1) is 12.6 Å². The summed E-state index contributed by atoms with van der Waals surface area (Å²) < 4.78 is 5.31. The molecule has 0 aliphatic carbocycles. The molecule has 0 saturated heterocycles. The fourth-order valence-corrected chi connectivity index (χ4v) is 3.24. The van der Waals surface area contributed by atoms with Gasteiger partial charge in [0.15, 0.2) is 5.11 Å². The van der Waals surface area contributed by atoms with Gasteiger partial charge in [0.1, 0.15) is 0 Å². The van der Waals surface area contributed by atoms with Crippen LogP contribution in [0.2, 0.25) is 0 Å². The Labute approximate surface area is 163 Å². The standard InChI is InChI=1S/C20H33N3O2S/c1-5-7-9-14-18(15-16-25-19(24)6-2)23(22(3)4)20(26)21-17-12-10-8-11-13-17/h8,10-13,18H,5-7,9,14-16H2,1-4H3,(H,21,26). The lowest BCUT2D eigenvalue weighted by Crippen LogP contribution is -2.51. The number of rotatable bonds is 11. The topological polar surface area (TPSA) is 44.8 Å². The average molecular weight is 380 g/mol. The number of hydrazine groups is 1. The quantitative estimate of drug-likeness (QED) is 0.265. The van der Waals surface area contributed by atoms with Gasteiger partial charge in [-0.15, -0.1) is 0 Å². The zero-order valence-electron chi connectivity index (χ0n) is 16.5. The molecule has 1 aromatic rings. The van der Waals surface area contributed by atoms with Gasteiger partial charge in [0, 0.05) is 32.6 Å². The van der Waals surface area contributed by atoms with Gasteiger partial charge in [0.2, 0.25) is 0 Å². The van der Waals surface area contributed by atoms with Crippen LogP contribution in [-0.2, 0) is 9.53 Å². The number of carbonyl (C=O) groups is 1. The number of para-hydroxylation sites is 1. The van der Waals surface area contributed by atoms with Crippen molar-refractivity contribution in [3.8, 4) is 0 Å². The summed E-state index contributed by atoms with van der Waals surface area (Å²) in [6, 6.07) is 10.1. The van der Waals surface area contributed by atoms with Crippen LogP contribution in [0.3, 0.4) is 0 Å². The van der Waals surface area contributed by atoms with Gasteiger partial charge in [-0.2, -0.15) is 0 Å². The van der Waals surface area contributed by atoms with Gasteiger partial charge in [0.25, 0.3) is 0 Å². The number of hydrogen-bond donors (Lipinski definition) is 1. The molecule has 0 aliphatic rings. The zero-order chi connectivity index (χ0) is 19.4. The van der Waals surface area contributed by atoms with Crippen molar-refractivity contribution in [3.63, 3.8) is 0 Å². The van der Waals surface area contributed by atoms with Gasteiger partial charge in [-0.3, -0.25) is 9.80 Å². The number of hydrogen-bond acceptors (Lipinski definition) is 4. The Kier molecular flexibility index (Phi) is 10.9. The van der Waals surface area contributed by atoms with E-state index < -0.39 is 0 Å². The molecule has 0 heterocycles. The number of ether oxygens (including phenoxy) is 1. The first-order valence-electron chi connectivity index (χ1n) is 9.47. The van der Waals surface area contributed by atoms with Crippen LogP contribution in [-0.4, -0.2) is 47.8 Å². The Morgan fingerprint density at radius 2 is 1.85 bits per heavy atom. The van der Waals surface area contributed by atoms with Crippen molar-refractivity contribution < 1.29 is 9.53 Å². The summed E-state index contributed by atoms with van der Waals surface area (Å²) in [5.74, 6) is -0.154. The highest BCUT2D eigenvalue weighted by atomic mass is 32.1. The Bertz CT molecular complexity index is 537. The van der Waals surface area contributed by atoms with Crippen LogP contribution in [0.1, 0.15) is 52.4 Å². The van der Waals surface area contributed by atoms with E-state index in [0.717, 1.165) is 24.9 Å². The van der Waals surface area contributed by atoms with E-state index >= 15 is 0 Å². The third-order valence-electron chi connectivity index (χ3n) is 4.15. The minimum atomic E-state index is -0.154. The second-order valence-corrected chi connectivity index (χ2v) is 6.89. The van der Waals surface area contributed by atoms with Crippen LogP contribution in [0.15, 0.2) is 30.3 Å². The number of nitrogens with zero attached hydrogens (tertiary/aromatic N) is 2. The second-order valence-electron chi connectivity index (χ2n) is 6.50. The first kappa shape index (κ1) is 22.4. The summed E-state index contributed by atoms with van der Waals surface area (Å²) in [7, 11) is 3.98. The normalized spacial score (nSPS) is 11.9. The molecule has 1 N–H and O–H groups in total. The molecule has 0 amide bonds. The molecule has 1 unspecified atom stereocenters. The molecule has 26 heavy (non-hydrogen) atoms. The van der Waals surface area contributed by atoms with E-state index in [-0.39, 0.29) is 12.0 Å². The number of esters is 1. The maximum Gasteiger partial charge on any atom is 0.305 e. The van der Waals surface area contributed by atoms with E-state index in [4.69, 9.17) is 17.0 Å². The van der Waals surface area contributed by atoms with Crippen LogP contribution in [0.25, 0.3) is 0 Å². The van der Waals surface area contributed by atoms with E-state index in [1.807, 2.05) is 56.4 Å². The Morgan fingerprint density at radius 3 is 2.42 bits per heavy atom. The number of benzene rings is 1. The summed E-state index contributed by atoms with van der Waals surface area (Å²) in [5, 5.41) is 8.07. The second kappa shape index (κ2) is 12.7. The molecule has 146 valence electrons. The van der Waals surface area contributed by atoms with Crippen molar-refractivity contribution in [1.29, 1.82) is 0 Å². The monoisotopic (exact) mass is 379 g/mol. The molecule has 0 bridgehead atoms. The Morgan fingerprint density at radius 1 is 1.15 bits per heavy atom. The molecule has 0 aromatic heterocycles. The highest BCUT2D eigenvalue weighted by Crippen LogP contribution is 2.18. The molecule has 0 radical (unpaired) electrons. The molecule has 1 aromatic carbocycles. The number of thiocarbonyl (C=S) groups is 1. The SMILES string of the molecule is CCCCCC(CCOC(=O)CC)N(C(=S)Nc1ccccc1)N(C)C. The predicted octanol–water partition coefficient (Wildman–Crippen LogP) is 4.45. The third-order valence-corrected chi connectivity index (χ3v) is 4.44. The molecule has 0 fully saturated rings. The molecule has 5 nitrogen and oxygen atoms in total. The summed E-state index contributed by atoms with van der Waals surface area (Å²) in [5.41, 5.74) is 0.967. The van der Waals surface area contributed by atoms with Crippen molar-refractivity contribution >= 4 is 29.0 Å². The van der Waals surface area contributed by atoms with Gasteiger partial charge < -0.3 is 10.1 Å². The molecular weight excluding hydrogens is 346 g/mol. The van der Waals surface area contributed by atoms with E-state index in [9.17, 15) is 4.79 Å².